The lowest BCUT2D eigenvalue weighted by atomic mass is 10.3. The van der Waals surface area contributed by atoms with Gasteiger partial charge in [-0.05, 0) is 35.3 Å². The maximum Gasteiger partial charge on any atom is 0.286 e. The van der Waals surface area contributed by atoms with Gasteiger partial charge in [0.05, 0.1) is 17.8 Å². The van der Waals surface area contributed by atoms with Gasteiger partial charge in [0.15, 0.2) is 0 Å². The molecule has 0 radical (unpaired) electrons. The van der Waals surface area contributed by atoms with Gasteiger partial charge in [-0.1, -0.05) is 12.1 Å². The third kappa shape index (κ3) is 4.72. The second-order valence-electron chi connectivity index (χ2n) is 5.64. The molecule has 0 fully saturated rings. The Kier molecular flexibility index (Phi) is 6.08. The van der Waals surface area contributed by atoms with Crippen molar-refractivity contribution in [3.05, 3.63) is 52.2 Å². The van der Waals surface area contributed by atoms with Gasteiger partial charge in [-0.25, -0.2) is 4.98 Å². The van der Waals surface area contributed by atoms with Crippen molar-refractivity contribution in [2.75, 3.05) is 19.4 Å². The van der Waals surface area contributed by atoms with Gasteiger partial charge in [0, 0.05) is 35.3 Å². The van der Waals surface area contributed by atoms with E-state index in [0.717, 1.165) is 32.9 Å². The molecule has 0 aliphatic rings. The molecule has 134 valence electrons. The Bertz CT molecular complexity index is 904. The van der Waals surface area contributed by atoms with Gasteiger partial charge in [-0.2, -0.15) is 11.3 Å². The van der Waals surface area contributed by atoms with E-state index in [1.54, 1.807) is 31.5 Å². The maximum atomic E-state index is 12.4. The lowest BCUT2D eigenvalue weighted by Gasteiger charge is -2.12. The van der Waals surface area contributed by atoms with Crippen LogP contribution >= 0.6 is 34.4 Å². The zero-order chi connectivity index (χ0) is 18.5. The first-order valence-corrected chi connectivity index (χ1v) is 10.4. The molecule has 2 aromatic heterocycles. The number of carbonyl (C=O) groups is 2. The van der Waals surface area contributed by atoms with E-state index >= 15 is 0 Å². The third-order valence-corrected chi connectivity index (χ3v) is 6.12. The van der Waals surface area contributed by atoms with Crippen LogP contribution in [-0.2, 0) is 11.2 Å². The number of carbonyl (C=O) groups excluding carboxylic acids is 2. The van der Waals surface area contributed by atoms with Crippen LogP contribution in [0.2, 0.25) is 0 Å². The predicted octanol–water partition coefficient (Wildman–Crippen LogP) is 4.83. The predicted molar refractivity (Wildman–Crippen MR) is 109 cm³/mol. The molecule has 0 aliphatic heterocycles. The second-order valence-corrected chi connectivity index (χ2v) is 8.27. The summed E-state index contributed by atoms with van der Waals surface area (Å²) < 4.78 is 0. The van der Waals surface area contributed by atoms with Crippen LogP contribution in [0.1, 0.15) is 5.69 Å². The van der Waals surface area contributed by atoms with Crippen molar-refractivity contribution >= 4 is 51.3 Å². The van der Waals surface area contributed by atoms with Crippen LogP contribution in [0.3, 0.4) is 0 Å². The number of anilines is 1. The number of thiazole rings is 1. The van der Waals surface area contributed by atoms with Gasteiger partial charge < -0.3 is 10.2 Å². The van der Waals surface area contributed by atoms with E-state index in [9.17, 15) is 9.59 Å². The minimum absolute atomic E-state index is 0.0911. The Morgan fingerprint density at radius 3 is 2.73 bits per heavy atom. The molecule has 26 heavy (non-hydrogen) atoms. The Labute approximate surface area is 164 Å². The Morgan fingerprint density at radius 2 is 2.00 bits per heavy atom. The lowest BCUT2D eigenvalue weighted by molar-refractivity contribution is -0.115. The van der Waals surface area contributed by atoms with Crippen LogP contribution in [0, 0.1) is 0 Å². The molecule has 3 aromatic rings. The molecular formula is C18H17N3O2S3. The molecule has 2 amide bonds. The average Bonchev–Trinajstić information content (AvgIpc) is 3.27. The van der Waals surface area contributed by atoms with Gasteiger partial charge in [0.2, 0.25) is 5.91 Å². The van der Waals surface area contributed by atoms with Crippen LogP contribution < -0.4 is 5.32 Å². The summed E-state index contributed by atoms with van der Waals surface area (Å²) in [6.45, 7) is 0. The van der Waals surface area contributed by atoms with Gasteiger partial charge in [-0.3, -0.25) is 9.59 Å². The summed E-state index contributed by atoms with van der Waals surface area (Å²) in [6, 6.07) is 9.30. The van der Waals surface area contributed by atoms with Gasteiger partial charge in [0.1, 0.15) is 5.01 Å². The Morgan fingerprint density at radius 1 is 1.19 bits per heavy atom. The highest BCUT2D eigenvalue weighted by Gasteiger charge is 2.14. The maximum absolute atomic E-state index is 12.4. The quantitative estimate of drug-likeness (QED) is 0.620. The average molecular weight is 404 g/mol. The van der Waals surface area contributed by atoms with E-state index in [1.807, 2.05) is 40.4 Å². The van der Waals surface area contributed by atoms with Crippen molar-refractivity contribution in [2.24, 2.45) is 0 Å². The van der Waals surface area contributed by atoms with E-state index in [4.69, 9.17) is 0 Å². The van der Waals surface area contributed by atoms with Crippen LogP contribution in [-0.4, -0.2) is 35.1 Å². The molecule has 5 nitrogen and oxygen atoms in total. The van der Waals surface area contributed by atoms with E-state index in [1.165, 1.54) is 16.2 Å². The monoisotopic (exact) mass is 403 g/mol. The van der Waals surface area contributed by atoms with Gasteiger partial charge >= 0.3 is 0 Å². The first kappa shape index (κ1) is 18.6. The number of thioether (sulfide) groups is 1. The highest BCUT2D eigenvalue weighted by Crippen LogP contribution is 2.29. The zero-order valence-electron chi connectivity index (χ0n) is 14.3. The number of nitrogens with one attached hydrogen (secondary N) is 1. The van der Waals surface area contributed by atoms with Crippen molar-refractivity contribution in [2.45, 2.75) is 11.3 Å². The van der Waals surface area contributed by atoms with Crippen LogP contribution in [0.5, 0.6) is 0 Å². The summed E-state index contributed by atoms with van der Waals surface area (Å²) in [6.07, 6.45) is 0.196. The molecule has 1 aromatic carbocycles. The van der Waals surface area contributed by atoms with E-state index in [2.05, 4.69) is 10.3 Å². The van der Waals surface area contributed by atoms with Crippen LogP contribution in [0.15, 0.2) is 51.4 Å². The third-order valence-electron chi connectivity index (χ3n) is 3.39. The molecule has 1 N–H and O–H groups in total. The largest absolute Gasteiger partial charge is 0.339 e. The molecule has 8 heteroatoms. The minimum Gasteiger partial charge on any atom is -0.339 e. The highest BCUT2D eigenvalue weighted by atomic mass is 32.2. The Balaban J connectivity index is 1.66. The number of aromatic nitrogens is 1. The molecule has 0 unspecified atom stereocenters. The Hall–Kier alpha value is -2.16. The van der Waals surface area contributed by atoms with E-state index < -0.39 is 0 Å². The highest BCUT2D eigenvalue weighted by molar-refractivity contribution is 8.13. The van der Waals surface area contributed by atoms with Crippen molar-refractivity contribution in [3.8, 4) is 10.6 Å². The van der Waals surface area contributed by atoms with Gasteiger partial charge in [0.25, 0.3) is 5.24 Å². The summed E-state index contributed by atoms with van der Waals surface area (Å²) in [7, 11) is 3.40. The molecule has 3 rings (SSSR count). The molecule has 0 saturated carbocycles. The van der Waals surface area contributed by atoms with Crippen molar-refractivity contribution in [1.29, 1.82) is 0 Å². The summed E-state index contributed by atoms with van der Waals surface area (Å²) in [4.78, 5) is 31.1. The van der Waals surface area contributed by atoms with Crippen molar-refractivity contribution < 1.29 is 9.59 Å². The fourth-order valence-corrected chi connectivity index (χ4v) is 4.39. The summed E-state index contributed by atoms with van der Waals surface area (Å²) in [5.74, 6) is -0.155. The molecule has 0 bridgehead atoms. The fourth-order valence-electron chi connectivity index (χ4n) is 2.11. The number of thiophene rings is 1. The minimum atomic E-state index is -0.155. The lowest BCUT2D eigenvalue weighted by Crippen LogP contribution is -2.18. The number of benzene rings is 1. The molecular weight excluding hydrogens is 386 g/mol. The first-order chi connectivity index (χ1) is 12.5. The van der Waals surface area contributed by atoms with Crippen molar-refractivity contribution in [3.63, 3.8) is 0 Å². The number of amides is 2. The number of para-hydroxylation sites is 1. The summed E-state index contributed by atoms with van der Waals surface area (Å²) in [5, 5.41) is 9.66. The van der Waals surface area contributed by atoms with Crippen LogP contribution in [0.25, 0.3) is 10.6 Å². The SMILES string of the molecule is CN(C)C(=O)Sc1ccccc1NC(=O)Cc1csc(-c2ccsc2)n1. The molecule has 0 spiro atoms. The molecule has 2 heterocycles. The number of nitrogens with zero attached hydrogens (tertiary/aromatic N) is 2. The normalized spacial score (nSPS) is 10.5. The van der Waals surface area contributed by atoms with E-state index in [0.29, 0.717) is 5.69 Å². The molecule has 0 aliphatic carbocycles. The van der Waals surface area contributed by atoms with Crippen LogP contribution in [0.4, 0.5) is 10.5 Å². The number of rotatable bonds is 5. The molecule has 0 saturated heterocycles. The summed E-state index contributed by atoms with van der Waals surface area (Å²) >= 11 is 4.24. The number of hydrogen-bond donors (Lipinski definition) is 1. The van der Waals surface area contributed by atoms with Gasteiger partial charge in [-0.15, -0.1) is 11.3 Å². The fraction of sp³-hybridized carbons (Fsp3) is 0.167. The smallest absolute Gasteiger partial charge is 0.286 e. The number of hydrogen-bond acceptors (Lipinski definition) is 6. The first-order valence-electron chi connectivity index (χ1n) is 7.78. The zero-order valence-corrected chi connectivity index (χ0v) is 16.7. The topological polar surface area (TPSA) is 62.3 Å². The molecule has 0 atom stereocenters. The summed E-state index contributed by atoms with van der Waals surface area (Å²) in [5.41, 5.74) is 2.45. The second kappa shape index (κ2) is 8.48. The van der Waals surface area contributed by atoms with E-state index in [-0.39, 0.29) is 17.6 Å². The standard InChI is InChI=1S/C18H17N3O2S3/c1-21(2)18(23)26-15-6-4-3-5-14(15)20-16(22)9-13-11-25-17(19-13)12-7-8-24-10-12/h3-8,10-11H,9H2,1-2H3,(H,20,22). The van der Waals surface area contributed by atoms with Crippen molar-refractivity contribution in [1.82, 2.24) is 9.88 Å².